The number of benzene rings is 2. The minimum absolute atomic E-state index is 0.0594. The predicted molar refractivity (Wildman–Crippen MR) is 191 cm³/mol. The lowest BCUT2D eigenvalue weighted by Crippen LogP contribution is -2.37. The van der Waals surface area contributed by atoms with Gasteiger partial charge in [0.05, 0.1) is 11.4 Å². The molecule has 6 N–H and O–H groups in total. The van der Waals surface area contributed by atoms with Gasteiger partial charge in [0, 0.05) is 51.2 Å². The van der Waals surface area contributed by atoms with Crippen LogP contribution in [0, 0.1) is 23.7 Å². The number of carbonyl (C=O) groups is 4. The average Bonchev–Trinajstić information content (AvgIpc) is 3.92. The van der Waals surface area contributed by atoms with Gasteiger partial charge in [-0.3, -0.25) is 19.2 Å². The van der Waals surface area contributed by atoms with Crippen molar-refractivity contribution in [2.45, 2.75) is 36.4 Å². The maximum atomic E-state index is 14.4. The summed E-state index contributed by atoms with van der Waals surface area (Å²) in [5.74, 6) is 9.14. The smallest absolute Gasteiger partial charge is 0.269 e. The Balaban J connectivity index is 0.000000172. The number of amides is 4. The van der Waals surface area contributed by atoms with Crippen molar-refractivity contribution in [3.05, 3.63) is 82.4 Å². The van der Waals surface area contributed by atoms with Crippen molar-refractivity contribution in [2.75, 3.05) is 40.4 Å². The van der Waals surface area contributed by atoms with E-state index in [9.17, 15) is 38.2 Å². The zero-order valence-corrected chi connectivity index (χ0v) is 30.0. The summed E-state index contributed by atoms with van der Waals surface area (Å²) in [5, 5.41) is 29.0. The van der Waals surface area contributed by atoms with Gasteiger partial charge in [-0.1, -0.05) is 23.7 Å². The van der Waals surface area contributed by atoms with E-state index in [1.165, 1.54) is 31.3 Å². The number of aromatic nitrogens is 4. The number of rotatable bonds is 2. The molecule has 0 spiro atoms. The Hall–Kier alpha value is -6.76. The van der Waals surface area contributed by atoms with Crippen LogP contribution in [0.3, 0.4) is 0 Å². The molecule has 8 rings (SSSR count). The molecule has 2 fully saturated rings. The first-order valence-electron chi connectivity index (χ1n) is 17.2. The van der Waals surface area contributed by atoms with Crippen LogP contribution in [-0.2, 0) is 9.59 Å². The fourth-order valence-corrected chi connectivity index (χ4v) is 6.42. The van der Waals surface area contributed by atoms with Crippen molar-refractivity contribution >= 4 is 23.6 Å². The molecular formula is C38H34F2N8O8. The molecule has 4 atom stereocenters. The van der Waals surface area contributed by atoms with Crippen LogP contribution in [0.1, 0.15) is 68.7 Å². The highest BCUT2D eigenvalue weighted by atomic mass is 19.1. The van der Waals surface area contributed by atoms with Crippen molar-refractivity contribution in [3.8, 4) is 46.6 Å². The molecule has 56 heavy (non-hydrogen) atoms. The van der Waals surface area contributed by atoms with E-state index in [4.69, 9.17) is 20.9 Å². The second-order valence-corrected chi connectivity index (χ2v) is 13.6. The standard InChI is InChI=1S/2C19H17FN4O4/c2*1-23-7-6-19(27,18(23)26)5-4-11-2-3-16-15(8-11)24-14(12(20)10-28-16)9-13(22-24)17(21)25/h2*2-3,8-9,12,27H,6-7,10H2,1H3,(H2,21,25)/t12-,19+;12-,19-/m10/s1. The normalized spacial score (nSPS) is 23.2. The highest BCUT2D eigenvalue weighted by molar-refractivity contribution is 5.92. The van der Waals surface area contributed by atoms with Crippen LogP contribution in [0.25, 0.3) is 11.4 Å². The number of ether oxygens (including phenoxy) is 2. The molecule has 4 aliphatic heterocycles. The average molecular weight is 769 g/mol. The minimum Gasteiger partial charge on any atom is -0.488 e. The van der Waals surface area contributed by atoms with Crippen LogP contribution in [0.2, 0.25) is 0 Å². The van der Waals surface area contributed by atoms with Crippen molar-refractivity contribution < 1.29 is 47.6 Å². The van der Waals surface area contributed by atoms with Crippen LogP contribution >= 0.6 is 0 Å². The van der Waals surface area contributed by atoms with Crippen molar-refractivity contribution in [1.82, 2.24) is 29.4 Å². The number of likely N-dealkylation sites (N-methyl/N-ethyl adjacent to an activating group) is 2. The fraction of sp³-hybridized carbons (Fsp3) is 0.316. The maximum Gasteiger partial charge on any atom is 0.269 e. The fourth-order valence-electron chi connectivity index (χ4n) is 6.42. The van der Waals surface area contributed by atoms with Crippen LogP contribution in [0.5, 0.6) is 11.5 Å². The van der Waals surface area contributed by atoms with Gasteiger partial charge in [-0.25, -0.2) is 18.1 Å². The van der Waals surface area contributed by atoms with Crippen molar-refractivity contribution in [2.24, 2.45) is 11.5 Å². The van der Waals surface area contributed by atoms with E-state index in [-0.39, 0.29) is 48.8 Å². The van der Waals surface area contributed by atoms with E-state index in [2.05, 4.69) is 33.9 Å². The Morgan fingerprint density at radius 3 is 1.46 bits per heavy atom. The third-order valence-electron chi connectivity index (χ3n) is 9.61. The molecular weight excluding hydrogens is 734 g/mol. The van der Waals surface area contributed by atoms with Gasteiger partial charge in [0.2, 0.25) is 11.2 Å². The van der Waals surface area contributed by atoms with E-state index in [1.807, 2.05) is 0 Å². The Morgan fingerprint density at radius 2 is 1.12 bits per heavy atom. The number of nitrogens with zero attached hydrogens (tertiary/aromatic N) is 6. The molecule has 2 saturated heterocycles. The van der Waals surface area contributed by atoms with Gasteiger partial charge in [0.25, 0.3) is 23.6 Å². The first-order valence-corrected chi connectivity index (χ1v) is 17.2. The molecule has 4 amide bonds. The number of fused-ring (bicyclic) bond motifs is 6. The van der Waals surface area contributed by atoms with Crippen LogP contribution < -0.4 is 20.9 Å². The lowest BCUT2D eigenvalue weighted by molar-refractivity contribution is -0.138. The summed E-state index contributed by atoms with van der Waals surface area (Å²) in [6.07, 6.45) is -2.54. The summed E-state index contributed by atoms with van der Waals surface area (Å²) < 4.78 is 42.3. The number of likely N-dealkylation sites (tertiary alicyclic amines) is 2. The van der Waals surface area contributed by atoms with Gasteiger partial charge < -0.3 is 41.0 Å². The summed E-state index contributed by atoms with van der Waals surface area (Å²) in [7, 11) is 3.20. The molecule has 0 saturated carbocycles. The molecule has 288 valence electrons. The monoisotopic (exact) mass is 768 g/mol. The SMILES string of the molecule is CN1CC[C@@](O)(C#Cc2ccc3c(c2)-n2nc(C(N)=O)cc2[C@@H](F)CO3)C1=O.CN1CC[C@@](O)(C#Cc2ccc3c(c2)-n2nc(C(N)=O)cc2[C@H](F)CO3)C1=O. The third-order valence-corrected chi connectivity index (χ3v) is 9.61. The molecule has 16 nitrogen and oxygen atoms in total. The molecule has 18 heteroatoms. The highest BCUT2D eigenvalue weighted by Crippen LogP contribution is 2.35. The third kappa shape index (κ3) is 6.87. The molecule has 0 radical (unpaired) electrons. The number of nitrogens with two attached hydrogens (primary N) is 2. The number of hydrogen-bond donors (Lipinski definition) is 4. The predicted octanol–water partition coefficient (Wildman–Crippen LogP) is 0.638. The molecule has 0 unspecified atom stereocenters. The second kappa shape index (κ2) is 14.1. The van der Waals surface area contributed by atoms with Crippen LogP contribution in [-0.4, -0.2) is 115 Å². The van der Waals surface area contributed by atoms with Gasteiger partial charge in [-0.2, -0.15) is 10.2 Å². The zero-order chi connectivity index (χ0) is 40.1. The van der Waals surface area contributed by atoms with Gasteiger partial charge in [0.15, 0.2) is 23.7 Å². The molecule has 6 heterocycles. The second-order valence-electron chi connectivity index (χ2n) is 13.6. The first kappa shape index (κ1) is 37.6. The zero-order valence-electron chi connectivity index (χ0n) is 30.0. The molecule has 2 aromatic carbocycles. The molecule has 0 aliphatic carbocycles. The topological polar surface area (TPSA) is 221 Å². The van der Waals surface area contributed by atoms with Crippen molar-refractivity contribution in [3.63, 3.8) is 0 Å². The van der Waals surface area contributed by atoms with Gasteiger partial charge in [-0.05, 0) is 48.5 Å². The lowest BCUT2D eigenvalue weighted by atomic mass is 10.0. The summed E-state index contributed by atoms with van der Waals surface area (Å²) in [6, 6.07) is 12.2. The Bertz CT molecular complexity index is 2280. The summed E-state index contributed by atoms with van der Waals surface area (Å²) in [4.78, 5) is 49.8. The Labute approximate surface area is 317 Å². The first-order chi connectivity index (χ1) is 26.6. The van der Waals surface area contributed by atoms with Crippen LogP contribution in [0.15, 0.2) is 48.5 Å². The van der Waals surface area contributed by atoms with E-state index < -0.39 is 47.2 Å². The number of primary amides is 2. The summed E-state index contributed by atoms with van der Waals surface area (Å²) in [5.41, 5.74) is 8.95. The minimum atomic E-state index is -1.72. The quantitative estimate of drug-likeness (QED) is 0.209. The molecule has 4 aromatic rings. The number of halogens is 2. The summed E-state index contributed by atoms with van der Waals surface area (Å²) >= 11 is 0. The van der Waals surface area contributed by atoms with E-state index in [0.29, 0.717) is 47.1 Å². The molecule has 4 aliphatic rings. The maximum absolute atomic E-state index is 14.4. The highest BCUT2D eigenvalue weighted by Gasteiger charge is 2.43. The summed E-state index contributed by atoms with van der Waals surface area (Å²) in [6.45, 7) is 0.379. The van der Waals surface area contributed by atoms with E-state index in [0.717, 1.165) is 0 Å². The van der Waals surface area contributed by atoms with Crippen molar-refractivity contribution in [1.29, 1.82) is 0 Å². The lowest BCUT2D eigenvalue weighted by Gasteiger charge is -2.13. The number of hydrogen-bond acceptors (Lipinski definition) is 10. The number of aliphatic hydroxyl groups is 2. The van der Waals surface area contributed by atoms with Gasteiger partial charge in [0.1, 0.15) is 36.1 Å². The Morgan fingerprint density at radius 1 is 0.732 bits per heavy atom. The van der Waals surface area contributed by atoms with Crippen LogP contribution in [0.4, 0.5) is 8.78 Å². The van der Waals surface area contributed by atoms with Gasteiger partial charge >= 0.3 is 0 Å². The molecule has 0 bridgehead atoms. The largest absolute Gasteiger partial charge is 0.488 e. The molecule has 2 aromatic heterocycles. The Kier molecular flexibility index (Phi) is 9.48. The van der Waals surface area contributed by atoms with E-state index in [1.54, 1.807) is 50.5 Å². The van der Waals surface area contributed by atoms with Gasteiger partial charge in [-0.15, -0.1) is 0 Å². The van der Waals surface area contributed by atoms with E-state index >= 15 is 0 Å². The number of carbonyl (C=O) groups excluding carboxylic acids is 4. The number of alkyl halides is 2.